The predicted molar refractivity (Wildman–Crippen MR) is 84.0 cm³/mol. The molecule has 1 aliphatic carbocycles. The van der Waals surface area contributed by atoms with Crippen LogP contribution in [0, 0.1) is 12.8 Å². The molecule has 2 heterocycles. The lowest BCUT2D eigenvalue weighted by atomic mass is 9.94. The summed E-state index contributed by atoms with van der Waals surface area (Å²) in [6.07, 6.45) is 3.29. The van der Waals surface area contributed by atoms with Crippen molar-refractivity contribution in [3.63, 3.8) is 0 Å². The SMILES string of the molecule is Cc1cc(-c2ccnc3[nH]ncc23)cc(C(N)C2CC2(F)F)c1. The molecule has 0 spiro atoms. The Kier molecular flexibility index (Phi) is 2.99. The minimum Gasteiger partial charge on any atom is -0.324 e. The molecule has 118 valence electrons. The number of aryl methyl sites for hydroxylation is 1. The summed E-state index contributed by atoms with van der Waals surface area (Å²) in [5, 5.41) is 7.75. The van der Waals surface area contributed by atoms with Gasteiger partial charge >= 0.3 is 0 Å². The van der Waals surface area contributed by atoms with Crippen molar-refractivity contribution >= 4 is 11.0 Å². The summed E-state index contributed by atoms with van der Waals surface area (Å²) in [6.45, 7) is 1.94. The quantitative estimate of drug-likeness (QED) is 0.776. The van der Waals surface area contributed by atoms with Gasteiger partial charge in [-0.15, -0.1) is 0 Å². The lowest BCUT2D eigenvalue weighted by Gasteiger charge is -2.15. The van der Waals surface area contributed by atoms with Crippen LogP contribution in [0.3, 0.4) is 0 Å². The average Bonchev–Trinajstić information content (AvgIpc) is 2.95. The third-order valence-electron chi connectivity index (χ3n) is 4.46. The van der Waals surface area contributed by atoms with E-state index in [-0.39, 0.29) is 6.42 Å². The smallest absolute Gasteiger partial charge is 0.253 e. The van der Waals surface area contributed by atoms with Gasteiger partial charge < -0.3 is 5.73 Å². The zero-order chi connectivity index (χ0) is 16.2. The van der Waals surface area contributed by atoms with Crippen LogP contribution in [0.2, 0.25) is 0 Å². The molecule has 1 aromatic carbocycles. The topological polar surface area (TPSA) is 67.6 Å². The van der Waals surface area contributed by atoms with Gasteiger partial charge in [0.2, 0.25) is 0 Å². The van der Waals surface area contributed by atoms with Gasteiger partial charge in [0.05, 0.1) is 6.20 Å². The van der Waals surface area contributed by atoms with Crippen LogP contribution in [0.1, 0.15) is 23.6 Å². The standard InChI is InChI=1S/C17H16F2N4/c1-9-4-10(12-2-3-21-16-13(12)8-22-23-16)6-11(5-9)15(20)14-7-17(14,18)19/h2-6,8,14-15H,7,20H2,1H3,(H,21,22,23). The number of H-pyrrole nitrogens is 1. The van der Waals surface area contributed by atoms with Gasteiger partial charge in [0.1, 0.15) is 0 Å². The molecule has 6 heteroatoms. The molecule has 23 heavy (non-hydrogen) atoms. The number of alkyl halides is 2. The number of hydrogen-bond donors (Lipinski definition) is 2. The summed E-state index contributed by atoms with van der Waals surface area (Å²) in [7, 11) is 0. The van der Waals surface area contributed by atoms with E-state index >= 15 is 0 Å². The van der Waals surface area contributed by atoms with Crippen LogP contribution < -0.4 is 5.73 Å². The van der Waals surface area contributed by atoms with Crippen molar-refractivity contribution in [2.45, 2.75) is 25.3 Å². The van der Waals surface area contributed by atoms with Crippen molar-refractivity contribution in [3.8, 4) is 11.1 Å². The highest BCUT2D eigenvalue weighted by atomic mass is 19.3. The zero-order valence-electron chi connectivity index (χ0n) is 12.6. The van der Waals surface area contributed by atoms with Gasteiger partial charge in [-0.2, -0.15) is 5.10 Å². The second-order valence-corrected chi connectivity index (χ2v) is 6.22. The van der Waals surface area contributed by atoms with E-state index in [2.05, 4.69) is 15.2 Å². The van der Waals surface area contributed by atoms with Crippen molar-refractivity contribution < 1.29 is 8.78 Å². The van der Waals surface area contributed by atoms with Gasteiger partial charge in [-0.3, -0.25) is 5.10 Å². The number of hydrogen-bond acceptors (Lipinski definition) is 3. The van der Waals surface area contributed by atoms with Crippen LogP contribution in [0.25, 0.3) is 22.2 Å². The number of nitrogens with two attached hydrogens (primary N) is 1. The number of benzene rings is 1. The van der Waals surface area contributed by atoms with Crippen LogP contribution in [-0.2, 0) is 0 Å². The molecular formula is C17H16F2N4. The Bertz CT molecular complexity index is 887. The minimum atomic E-state index is -2.63. The lowest BCUT2D eigenvalue weighted by molar-refractivity contribution is 0.0932. The second kappa shape index (κ2) is 4.83. The van der Waals surface area contributed by atoms with Gasteiger partial charge in [-0.25, -0.2) is 13.8 Å². The maximum Gasteiger partial charge on any atom is 0.253 e. The summed E-state index contributed by atoms with van der Waals surface area (Å²) in [5.74, 6) is -3.39. The molecule has 3 aromatic rings. The first-order chi connectivity index (χ1) is 11.0. The third kappa shape index (κ3) is 2.39. The van der Waals surface area contributed by atoms with E-state index in [9.17, 15) is 8.78 Å². The molecule has 2 unspecified atom stereocenters. The van der Waals surface area contributed by atoms with E-state index in [0.717, 1.165) is 27.6 Å². The van der Waals surface area contributed by atoms with Crippen LogP contribution in [-0.4, -0.2) is 21.1 Å². The Morgan fingerprint density at radius 2 is 2.13 bits per heavy atom. The largest absolute Gasteiger partial charge is 0.324 e. The van der Waals surface area contributed by atoms with E-state index in [4.69, 9.17) is 5.73 Å². The highest BCUT2D eigenvalue weighted by Gasteiger charge is 2.59. The van der Waals surface area contributed by atoms with E-state index in [1.807, 2.05) is 31.2 Å². The zero-order valence-corrected chi connectivity index (χ0v) is 12.6. The van der Waals surface area contributed by atoms with Crippen molar-refractivity contribution in [3.05, 3.63) is 47.8 Å². The number of halogens is 2. The van der Waals surface area contributed by atoms with Gasteiger partial charge in [0.15, 0.2) is 5.65 Å². The van der Waals surface area contributed by atoms with Crippen LogP contribution in [0.4, 0.5) is 8.78 Å². The Hall–Kier alpha value is -2.34. The number of rotatable bonds is 3. The van der Waals surface area contributed by atoms with Crippen LogP contribution in [0.5, 0.6) is 0 Å². The molecule has 0 saturated heterocycles. The molecule has 4 rings (SSSR count). The summed E-state index contributed by atoms with van der Waals surface area (Å²) < 4.78 is 26.6. The fraction of sp³-hybridized carbons (Fsp3) is 0.294. The maximum absolute atomic E-state index is 13.3. The van der Waals surface area contributed by atoms with Gasteiger partial charge in [-0.1, -0.05) is 17.7 Å². The van der Waals surface area contributed by atoms with Crippen molar-refractivity contribution in [1.29, 1.82) is 0 Å². The molecular weight excluding hydrogens is 298 g/mol. The molecule has 1 saturated carbocycles. The Morgan fingerprint density at radius 1 is 1.35 bits per heavy atom. The molecule has 0 radical (unpaired) electrons. The fourth-order valence-corrected chi connectivity index (χ4v) is 3.12. The Morgan fingerprint density at radius 3 is 2.87 bits per heavy atom. The van der Waals surface area contributed by atoms with Crippen LogP contribution >= 0.6 is 0 Å². The molecule has 3 N–H and O–H groups in total. The third-order valence-corrected chi connectivity index (χ3v) is 4.46. The highest BCUT2D eigenvalue weighted by Crippen LogP contribution is 2.54. The normalized spacial score (nSPS) is 20.6. The first-order valence-electron chi connectivity index (χ1n) is 7.49. The van der Waals surface area contributed by atoms with E-state index in [1.54, 1.807) is 12.4 Å². The number of aromatic nitrogens is 3. The molecule has 4 nitrogen and oxygen atoms in total. The van der Waals surface area contributed by atoms with E-state index in [0.29, 0.717) is 5.65 Å². The van der Waals surface area contributed by atoms with Gasteiger partial charge in [-0.05, 0) is 35.7 Å². The van der Waals surface area contributed by atoms with Gasteiger partial charge in [0.25, 0.3) is 5.92 Å². The molecule has 2 aromatic heterocycles. The predicted octanol–water partition coefficient (Wildman–Crippen LogP) is 3.59. The second-order valence-electron chi connectivity index (χ2n) is 6.22. The molecule has 0 bridgehead atoms. The lowest BCUT2D eigenvalue weighted by Crippen LogP contribution is -2.16. The monoisotopic (exact) mass is 314 g/mol. The molecule has 0 amide bonds. The Labute approximate surface area is 131 Å². The summed E-state index contributed by atoms with van der Waals surface area (Å²) in [6, 6.07) is 7.05. The maximum atomic E-state index is 13.3. The first-order valence-corrected chi connectivity index (χ1v) is 7.49. The highest BCUT2D eigenvalue weighted by molar-refractivity contribution is 5.92. The molecule has 0 aliphatic heterocycles. The van der Waals surface area contributed by atoms with Crippen molar-refractivity contribution in [2.75, 3.05) is 0 Å². The summed E-state index contributed by atoms with van der Waals surface area (Å²) in [4.78, 5) is 4.22. The van der Waals surface area contributed by atoms with Gasteiger partial charge in [0, 0.05) is 30.0 Å². The number of nitrogens with one attached hydrogen (secondary N) is 1. The summed E-state index contributed by atoms with van der Waals surface area (Å²) in [5.41, 5.74) is 10.4. The molecule has 2 atom stereocenters. The van der Waals surface area contributed by atoms with Crippen molar-refractivity contribution in [2.24, 2.45) is 11.7 Å². The number of nitrogens with zero attached hydrogens (tertiary/aromatic N) is 2. The van der Waals surface area contributed by atoms with E-state index in [1.165, 1.54) is 0 Å². The number of pyridine rings is 1. The number of fused-ring (bicyclic) bond motifs is 1. The van der Waals surface area contributed by atoms with Crippen LogP contribution in [0.15, 0.2) is 36.7 Å². The average molecular weight is 314 g/mol. The summed E-state index contributed by atoms with van der Waals surface area (Å²) >= 11 is 0. The van der Waals surface area contributed by atoms with Crippen molar-refractivity contribution in [1.82, 2.24) is 15.2 Å². The molecule has 1 aliphatic rings. The number of aromatic amines is 1. The Balaban J connectivity index is 1.80. The first kappa shape index (κ1) is 14.3. The minimum absolute atomic E-state index is 0.126. The fourth-order valence-electron chi connectivity index (χ4n) is 3.12. The van der Waals surface area contributed by atoms with E-state index < -0.39 is 17.9 Å². The molecule has 1 fully saturated rings.